The Morgan fingerprint density at radius 1 is 1.19 bits per heavy atom. The molecule has 4 heteroatoms. The second-order valence-electron chi connectivity index (χ2n) is 5.76. The number of hydrogen-bond donors (Lipinski definition) is 1. The van der Waals surface area contributed by atoms with Crippen LogP contribution in [0.15, 0.2) is 42.7 Å². The number of benzene rings is 1. The number of rotatable bonds is 5. The highest BCUT2D eigenvalue weighted by atomic mass is 16.5. The van der Waals surface area contributed by atoms with Crippen LogP contribution in [0.5, 0.6) is 0 Å². The first-order valence-electron chi connectivity index (χ1n) is 7.77. The first-order valence-corrected chi connectivity index (χ1v) is 7.77. The minimum atomic E-state index is 0.309. The largest absolute Gasteiger partial charge is 0.373 e. The Balaban J connectivity index is 1.60. The molecule has 2 N–H and O–H groups in total. The highest BCUT2D eigenvalue weighted by molar-refractivity contribution is 5.30. The Kier molecular flexibility index (Phi) is 4.68. The summed E-state index contributed by atoms with van der Waals surface area (Å²) in [6.07, 6.45) is 9.10. The van der Waals surface area contributed by atoms with Gasteiger partial charge < -0.3 is 10.5 Å². The lowest BCUT2D eigenvalue weighted by atomic mass is 9.86. The van der Waals surface area contributed by atoms with Crippen molar-refractivity contribution in [3.8, 4) is 5.69 Å². The predicted octanol–water partition coefficient (Wildman–Crippen LogP) is 2.91. The molecular weight excluding hydrogens is 262 g/mol. The average molecular weight is 285 g/mol. The summed E-state index contributed by atoms with van der Waals surface area (Å²) < 4.78 is 7.98. The van der Waals surface area contributed by atoms with E-state index in [1.54, 1.807) is 0 Å². The van der Waals surface area contributed by atoms with E-state index in [-0.39, 0.29) is 0 Å². The van der Waals surface area contributed by atoms with Crippen LogP contribution in [0.3, 0.4) is 0 Å². The smallest absolute Gasteiger partial charge is 0.0751 e. The van der Waals surface area contributed by atoms with Gasteiger partial charge in [-0.05, 0) is 37.4 Å². The van der Waals surface area contributed by atoms with Gasteiger partial charge in [0.2, 0.25) is 0 Å². The summed E-state index contributed by atoms with van der Waals surface area (Å²) in [6.45, 7) is 1.35. The lowest BCUT2D eigenvalue weighted by Gasteiger charge is -2.30. The van der Waals surface area contributed by atoms with Crippen LogP contribution in [-0.4, -0.2) is 22.4 Å². The van der Waals surface area contributed by atoms with Gasteiger partial charge in [-0.25, -0.2) is 4.68 Å². The maximum atomic E-state index is 6.09. The van der Waals surface area contributed by atoms with Gasteiger partial charge in [0.15, 0.2) is 0 Å². The van der Waals surface area contributed by atoms with Gasteiger partial charge in [-0.3, -0.25) is 0 Å². The van der Waals surface area contributed by atoms with E-state index < -0.39 is 0 Å². The molecule has 2 atom stereocenters. The second-order valence-corrected chi connectivity index (χ2v) is 5.76. The molecule has 2 aromatic rings. The molecule has 0 spiro atoms. The third-order valence-corrected chi connectivity index (χ3v) is 4.26. The Bertz CT molecular complexity index is 552. The first kappa shape index (κ1) is 14.3. The number of ether oxygens (including phenoxy) is 1. The molecule has 3 rings (SSSR count). The number of hydrogen-bond acceptors (Lipinski definition) is 3. The third kappa shape index (κ3) is 3.52. The van der Waals surface area contributed by atoms with Crippen molar-refractivity contribution < 1.29 is 4.74 Å². The molecule has 0 amide bonds. The minimum absolute atomic E-state index is 0.309. The Morgan fingerprint density at radius 2 is 2.00 bits per heavy atom. The summed E-state index contributed by atoms with van der Waals surface area (Å²) >= 11 is 0. The van der Waals surface area contributed by atoms with Crippen LogP contribution in [-0.2, 0) is 11.3 Å². The van der Waals surface area contributed by atoms with Gasteiger partial charge in [-0.1, -0.05) is 31.0 Å². The van der Waals surface area contributed by atoms with Crippen LogP contribution in [0.4, 0.5) is 0 Å². The lowest BCUT2D eigenvalue weighted by Crippen LogP contribution is -2.33. The summed E-state index contributed by atoms with van der Waals surface area (Å²) in [5.41, 5.74) is 8.03. The molecule has 1 aromatic heterocycles. The van der Waals surface area contributed by atoms with Crippen LogP contribution >= 0.6 is 0 Å². The number of nitrogens with two attached hydrogens (primary N) is 1. The molecule has 112 valence electrons. The molecule has 1 fully saturated rings. The van der Waals surface area contributed by atoms with Crippen LogP contribution in [0.25, 0.3) is 5.69 Å². The fourth-order valence-corrected chi connectivity index (χ4v) is 3.02. The van der Waals surface area contributed by atoms with E-state index in [1.807, 2.05) is 47.4 Å². The SMILES string of the molecule is NCC1CCCCC1OCc1cnn(-c2ccccc2)c1. The van der Waals surface area contributed by atoms with Crippen LogP contribution in [0.2, 0.25) is 0 Å². The monoisotopic (exact) mass is 285 g/mol. The summed E-state index contributed by atoms with van der Waals surface area (Å²) in [7, 11) is 0. The van der Waals surface area contributed by atoms with Crippen molar-refractivity contribution in [1.29, 1.82) is 0 Å². The molecule has 1 heterocycles. The standard InChI is InChI=1S/C17H23N3O/c18-10-15-6-4-5-9-17(15)21-13-14-11-19-20(12-14)16-7-2-1-3-8-16/h1-3,7-8,11-12,15,17H,4-6,9-10,13,18H2. The Morgan fingerprint density at radius 3 is 2.81 bits per heavy atom. The highest BCUT2D eigenvalue weighted by Gasteiger charge is 2.24. The fraction of sp³-hybridized carbons (Fsp3) is 0.471. The van der Waals surface area contributed by atoms with Gasteiger partial charge in [0.1, 0.15) is 0 Å². The Labute approximate surface area is 125 Å². The molecule has 0 bridgehead atoms. The van der Waals surface area contributed by atoms with Gasteiger partial charge in [0, 0.05) is 11.8 Å². The van der Waals surface area contributed by atoms with Gasteiger partial charge >= 0.3 is 0 Å². The van der Waals surface area contributed by atoms with Gasteiger partial charge in [0.05, 0.1) is 24.6 Å². The van der Waals surface area contributed by atoms with Gasteiger partial charge in [-0.15, -0.1) is 0 Å². The summed E-state index contributed by atoms with van der Waals surface area (Å²) in [6, 6.07) is 10.1. The van der Waals surface area contributed by atoms with E-state index in [0.29, 0.717) is 18.6 Å². The maximum Gasteiger partial charge on any atom is 0.0751 e. The van der Waals surface area contributed by atoms with Crippen LogP contribution in [0, 0.1) is 5.92 Å². The zero-order valence-corrected chi connectivity index (χ0v) is 12.3. The highest BCUT2D eigenvalue weighted by Crippen LogP contribution is 2.26. The van der Waals surface area contributed by atoms with E-state index in [9.17, 15) is 0 Å². The minimum Gasteiger partial charge on any atom is -0.373 e. The number of aromatic nitrogens is 2. The van der Waals surface area contributed by atoms with Crippen LogP contribution in [0.1, 0.15) is 31.2 Å². The maximum absolute atomic E-state index is 6.09. The molecule has 1 aromatic carbocycles. The van der Waals surface area contributed by atoms with Crippen molar-refractivity contribution in [2.75, 3.05) is 6.54 Å². The molecule has 1 aliphatic rings. The molecule has 0 aliphatic heterocycles. The van der Waals surface area contributed by atoms with Crippen molar-refractivity contribution in [1.82, 2.24) is 9.78 Å². The zero-order valence-electron chi connectivity index (χ0n) is 12.3. The summed E-state index contributed by atoms with van der Waals surface area (Å²) in [4.78, 5) is 0. The van der Waals surface area contributed by atoms with Crippen molar-refractivity contribution in [2.24, 2.45) is 11.7 Å². The van der Waals surface area contributed by atoms with E-state index in [0.717, 1.165) is 24.2 Å². The Hall–Kier alpha value is -1.65. The van der Waals surface area contributed by atoms with E-state index in [2.05, 4.69) is 5.10 Å². The lowest BCUT2D eigenvalue weighted by molar-refractivity contribution is -0.0183. The van der Waals surface area contributed by atoms with Crippen molar-refractivity contribution in [3.05, 3.63) is 48.3 Å². The molecule has 0 radical (unpaired) electrons. The quantitative estimate of drug-likeness (QED) is 0.919. The first-order chi connectivity index (χ1) is 10.4. The van der Waals surface area contributed by atoms with Crippen molar-refractivity contribution >= 4 is 0 Å². The third-order valence-electron chi connectivity index (χ3n) is 4.26. The predicted molar refractivity (Wildman–Crippen MR) is 83.2 cm³/mol. The number of nitrogens with zero attached hydrogens (tertiary/aromatic N) is 2. The van der Waals surface area contributed by atoms with Gasteiger partial charge in [0.25, 0.3) is 0 Å². The molecule has 0 saturated heterocycles. The molecule has 21 heavy (non-hydrogen) atoms. The van der Waals surface area contributed by atoms with E-state index in [1.165, 1.54) is 19.3 Å². The zero-order chi connectivity index (χ0) is 14.5. The van der Waals surface area contributed by atoms with Crippen molar-refractivity contribution in [3.63, 3.8) is 0 Å². The molecule has 2 unspecified atom stereocenters. The van der Waals surface area contributed by atoms with E-state index >= 15 is 0 Å². The molecule has 1 aliphatic carbocycles. The summed E-state index contributed by atoms with van der Waals surface area (Å²) in [5, 5.41) is 4.40. The normalized spacial score (nSPS) is 22.3. The molecule has 1 saturated carbocycles. The molecular formula is C17H23N3O. The molecule has 4 nitrogen and oxygen atoms in total. The van der Waals surface area contributed by atoms with Crippen LogP contribution < -0.4 is 5.73 Å². The second kappa shape index (κ2) is 6.87. The van der Waals surface area contributed by atoms with E-state index in [4.69, 9.17) is 10.5 Å². The number of para-hydroxylation sites is 1. The average Bonchev–Trinajstić information content (AvgIpc) is 3.03. The topological polar surface area (TPSA) is 53.1 Å². The summed E-state index contributed by atoms with van der Waals surface area (Å²) in [5.74, 6) is 0.517. The van der Waals surface area contributed by atoms with Crippen molar-refractivity contribution in [2.45, 2.75) is 38.4 Å². The van der Waals surface area contributed by atoms with Gasteiger partial charge in [-0.2, -0.15) is 5.10 Å². The fourth-order valence-electron chi connectivity index (χ4n) is 3.02.